The molecule has 0 aliphatic rings. The Labute approximate surface area is 83.0 Å². The van der Waals surface area contributed by atoms with Gasteiger partial charge in [0.15, 0.2) is 0 Å². The molecule has 0 aromatic rings. The standard InChI is InChI=1S/C6H14NO2.C2H4O3/c1-6(9)7(2,3)4-5-8;3-1-2(4)5/h8H,4-5H2,1-3H3;3H,1H2,(H,4,5)/q+1;/p-1. The highest BCUT2D eigenvalue weighted by Crippen LogP contribution is 1.94. The lowest BCUT2D eigenvalue weighted by molar-refractivity contribution is -0.813. The zero-order valence-corrected chi connectivity index (χ0v) is 8.69. The number of carbonyl (C=O) groups is 2. The van der Waals surface area contributed by atoms with Crippen LogP contribution in [0.5, 0.6) is 0 Å². The van der Waals surface area contributed by atoms with Crippen molar-refractivity contribution in [2.45, 2.75) is 6.92 Å². The molecule has 0 aliphatic carbocycles. The Morgan fingerprint density at radius 1 is 1.29 bits per heavy atom. The molecular formula is C8H17NO5. The van der Waals surface area contributed by atoms with E-state index in [1.165, 1.54) is 6.92 Å². The first-order chi connectivity index (χ1) is 6.27. The lowest BCUT2D eigenvalue weighted by Gasteiger charge is -2.23. The monoisotopic (exact) mass is 207 g/mol. The van der Waals surface area contributed by atoms with Crippen LogP contribution in [0, 0.1) is 0 Å². The van der Waals surface area contributed by atoms with Crippen molar-refractivity contribution < 1.29 is 29.4 Å². The van der Waals surface area contributed by atoms with Gasteiger partial charge in [0.25, 0.3) is 0 Å². The van der Waals surface area contributed by atoms with Gasteiger partial charge in [0, 0.05) is 0 Å². The van der Waals surface area contributed by atoms with Crippen LogP contribution in [0.15, 0.2) is 0 Å². The molecule has 0 atom stereocenters. The maximum atomic E-state index is 10.7. The summed E-state index contributed by atoms with van der Waals surface area (Å²) in [6.45, 7) is 1.19. The van der Waals surface area contributed by atoms with Crippen LogP contribution in [0.3, 0.4) is 0 Å². The van der Waals surface area contributed by atoms with Crippen LogP contribution in [-0.2, 0) is 9.59 Å². The Hall–Kier alpha value is -0.980. The van der Waals surface area contributed by atoms with Gasteiger partial charge in [0.1, 0.15) is 6.54 Å². The third-order valence-corrected chi connectivity index (χ3v) is 1.64. The second kappa shape index (κ2) is 7.43. The van der Waals surface area contributed by atoms with E-state index in [9.17, 15) is 4.79 Å². The number of nitrogens with zero attached hydrogens (tertiary/aromatic N) is 1. The van der Waals surface area contributed by atoms with Crippen molar-refractivity contribution in [1.29, 1.82) is 0 Å². The summed E-state index contributed by atoms with van der Waals surface area (Å²) in [5.41, 5.74) is 0. The Bertz CT molecular complexity index is 190. The van der Waals surface area contributed by atoms with Gasteiger partial charge in [-0.2, -0.15) is 0 Å². The molecule has 0 saturated carbocycles. The van der Waals surface area contributed by atoms with Crippen LogP contribution in [-0.4, -0.2) is 60.4 Å². The minimum Gasteiger partial charge on any atom is -0.548 e. The Balaban J connectivity index is 0. The highest BCUT2D eigenvalue weighted by molar-refractivity contribution is 5.65. The molecule has 0 unspecified atom stereocenters. The predicted molar refractivity (Wildman–Crippen MR) is 46.8 cm³/mol. The van der Waals surface area contributed by atoms with Crippen LogP contribution < -0.4 is 5.11 Å². The first kappa shape index (κ1) is 15.5. The summed E-state index contributed by atoms with van der Waals surface area (Å²) in [4.78, 5) is 19.7. The number of hydrogen-bond donors (Lipinski definition) is 2. The highest BCUT2D eigenvalue weighted by Gasteiger charge is 2.19. The van der Waals surface area contributed by atoms with E-state index in [4.69, 9.17) is 20.1 Å². The summed E-state index contributed by atoms with van der Waals surface area (Å²) in [7, 11) is 3.55. The molecule has 0 fully saturated rings. The summed E-state index contributed by atoms with van der Waals surface area (Å²) in [6.07, 6.45) is 0. The molecule has 14 heavy (non-hydrogen) atoms. The number of quaternary nitrogens is 1. The number of likely N-dealkylation sites (N-methyl/N-ethyl adjacent to an activating group) is 1. The molecule has 0 rings (SSSR count). The summed E-state index contributed by atoms with van der Waals surface area (Å²) in [5.74, 6) is -1.37. The van der Waals surface area contributed by atoms with Gasteiger partial charge in [-0.3, -0.25) is 4.48 Å². The molecule has 6 nitrogen and oxygen atoms in total. The van der Waals surface area contributed by atoms with E-state index in [0.717, 1.165) is 0 Å². The first-order valence-corrected chi connectivity index (χ1v) is 4.03. The summed E-state index contributed by atoms with van der Waals surface area (Å²) in [5, 5.41) is 25.0. The second-order valence-corrected chi connectivity index (χ2v) is 3.18. The highest BCUT2D eigenvalue weighted by atomic mass is 16.4. The number of aliphatic hydroxyl groups is 2. The lowest BCUT2D eigenvalue weighted by Crippen LogP contribution is -2.45. The molecule has 0 aromatic heterocycles. The number of aliphatic carboxylic acids is 1. The van der Waals surface area contributed by atoms with E-state index in [-0.39, 0.29) is 17.0 Å². The number of rotatable bonds is 3. The van der Waals surface area contributed by atoms with Gasteiger partial charge >= 0.3 is 5.91 Å². The van der Waals surface area contributed by atoms with Gasteiger partial charge in [-0.15, -0.1) is 0 Å². The first-order valence-electron chi connectivity index (χ1n) is 4.03. The fourth-order valence-electron chi connectivity index (χ4n) is 0.407. The van der Waals surface area contributed by atoms with E-state index in [1.807, 2.05) is 0 Å². The number of hydrogen-bond acceptors (Lipinski definition) is 5. The zero-order valence-electron chi connectivity index (χ0n) is 8.69. The maximum Gasteiger partial charge on any atom is 0.310 e. The molecular weight excluding hydrogens is 190 g/mol. The molecule has 2 N–H and O–H groups in total. The zero-order chi connectivity index (χ0) is 11.8. The Morgan fingerprint density at radius 2 is 1.64 bits per heavy atom. The van der Waals surface area contributed by atoms with Crippen molar-refractivity contribution in [2.24, 2.45) is 0 Å². The smallest absolute Gasteiger partial charge is 0.310 e. The molecule has 0 saturated heterocycles. The van der Waals surface area contributed by atoms with Crippen LogP contribution in [0.4, 0.5) is 0 Å². The number of carboxylic acids is 1. The van der Waals surface area contributed by atoms with Gasteiger partial charge in [-0.1, -0.05) is 0 Å². The van der Waals surface area contributed by atoms with Crippen LogP contribution in [0.25, 0.3) is 0 Å². The van der Waals surface area contributed by atoms with E-state index < -0.39 is 12.6 Å². The fourth-order valence-corrected chi connectivity index (χ4v) is 0.407. The lowest BCUT2D eigenvalue weighted by atomic mass is 10.4. The minimum atomic E-state index is -1.44. The van der Waals surface area contributed by atoms with E-state index in [0.29, 0.717) is 6.54 Å². The van der Waals surface area contributed by atoms with Crippen molar-refractivity contribution >= 4 is 11.9 Å². The molecule has 6 heteroatoms. The third-order valence-electron chi connectivity index (χ3n) is 1.64. The van der Waals surface area contributed by atoms with Gasteiger partial charge in [0.2, 0.25) is 0 Å². The van der Waals surface area contributed by atoms with Crippen LogP contribution >= 0.6 is 0 Å². The average Bonchev–Trinajstić information content (AvgIpc) is 2.05. The number of amides is 1. The van der Waals surface area contributed by atoms with Crippen molar-refractivity contribution in [3.8, 4) is 0 Å². The molecule has 1 amide bonds. The minimum absolute atomic E-state index is 0.0621. The molecule has 0 aliphatic heterocycles. The SMILES string of the molecule is CC(=O)[N+](C)(C)CCO.O=C([O-])CO. The normalized spacial score (nSPS) is 10.1. The van der Waals surface area contributed by atoms with E-state index >= 15 is 0 Å². The third kappa shape index (κ3) is 9.11. The number of aliphatic hydroxyl groups excluding tert-OH is 2. The van der Waals surface area contributed by atoms with Crippen molar-refractivity contribution in [3.05, 3.63) is 0 Å². The number of carboxylic acid groups (broad SMARTS) is 1. The molecule has 0 radical (unpaired) electrons. The van der Waals surface area contributed by atoms with Gasteiger partial charge in [0.05, 0.1) is 40.2 Å². The largest absolute Gasteiger partial charge is 0.548 e. The van der Waals surface area contributed by atoms with Gasteiger partial charge < -0.3 is 20.1 Å². The molecule has 0 aromatic carbocycles. The Morgan fingerprint density at radius 3 is 1.71 bits per heavy atom. The van der Waals surface area contributed by atoms with E-state index in [1.54, 1.807) is 14.1 Å². The van der Waals surface area contributed by atoms with Crippen molar-refractivity contribution in [1.82, 2.24) is 0 Å². The van der Waals surface area contributed by atoms with Crippen LogP contribution in [0.1, 0.15) is 6.92 Å². The Kier molecular flexibility index (Phi) is 8.22. The average molecular weight is 207 g/mol. The summed E-state index contributed by atoms with van der Waals surface area (Å²) < 4.78 is 0.260. The topological polar surface area (TPSA) is 97.7 Å². The number of carbonyl (C=O) groups excluding carboxylic acids is 2. The molecule has 0 spiro atoms. The summed E-state index contributed by atoms with van der Waals surface area (Å²) >= 11 is 0. The summed E-state index contributed by atoms with van der Waals surface area (Å²) in [6, 6.07) is 0. The maximum absolute atomic E-state index is 10.7. The fraction of sp³-hybridized carbons (Fsp3) is 0.750. The van der Waals surface area contributed by atoms with Gasteiger partial charge in [-0.05, 0) is 0 Å². The molecule has 84 valence electrons. The van der Waals surface area contributed by atoms with Gasteiger partial charge in [-0.25, -0.2) is 4.79 Å². The predicted octanol–water partition coefficient (Wildman–Crippen LogP) is -2.67. The quantitative estimate of drug-likeness (QED) is 0.492. The van der Waals surface area contributed by atoms with Crippen molar-refractivity contribution in [2.75, 3.05) is 33.9 Å². The van der Waals surface area contributed by atoms with Crippen molar-refractivity contribution in [3.63, 3.8) is 0 Å². The second-order valence-electron chi connectivity index (χ2n) is 3.18. The molecule has 0 heterocycles. The molecule has 0 bridgehead atoms. The van der Waals surface area contributed by atoms with Crippen LogP contribution in [0.2, 0.25) is 0 Å². The van der Waals surface area contributed by atoms with E-state index in [2.05, 4.69) is 0 Å².